The first-order chi connectivity index (χ1) is 6.92. The van der Waals surface area contributed by atoms with Crippen LogP contribution in [0, 0.1) is 0 Å². The van der Waals surface area contributed by atoms with Gasteiger partial charge in [0.2, 0.25) is 5.91 Å². The highest BCUT2D eigenvalue weighted by molar-refractivity contribution is 5.89. The van der Waals surface area contributed by atoms with Gasteiger partial charge in [0.1, 0.15) is 5.54 Å². The third kappa shape index (κ3) is 3.39. The van der Waals surface area contributed by atoms with Crippen LogP contribution in [-0.2, 0) is 9.53 Å². The second-order valence-electron chi connectivity index (χ2n) is 4.15. The molecular weight excluding hydrogens is 198 g/mol. The molecule has 1 aliphatic rings. The van der Waals surface area contributed by atoms with Crippen LogP contribution in [0.15, 0.2) is 0 Å². The first-order valence-corrected chi connectivity index (χ1v) is 4.88. The van der Waals surface area contributed by atoms with Gasteiger partial charge in [-0.3, -0.25) is 4.79 Å². The lowest BCUT2D eigenvalue weighted by atomic mass is 10.1. The molecule has 0 saturated carbocycles. The fraction of sp³-hybridized carbons (Fsp3) is 0.778. The maximum Gasteiger partial charge on any atom is 0.315 e. The van der Waals surface area contributed by atoms with Crippen molar-refractivity contribution in [3.05, 3.63) is 0 Å². The standard InChI is InChI=1S/C9H17N3O3/c1-9(2,7(10)13)12-8(14)11-6-3-4-15-5-6/h6H,3-5H2,1-2H3,(H2,10,13)(H2,11,12,14). The average molecular weight is 215 g/mol. The molecule has 6 heteroatoms. The summed E-state index contributed by atoms with van der Waals surface area (Å²) in [5.41, 5.74) is 4.08. The van der Waals surface area contributed by atoms with Crippen molar-refractivity contribution < 1.29 is 14.3 Å². The molecule has 86 valence electrons. The van der Waals surface area contributed by atoms with Crippen LogP contribution in [-0.4, -0.2) is 36.7 Å². The Bertz CT molecular complexity index is 259. The molecule has 1 unspecified atom stereocenters. The number of amides is 3. The lowest BCUT2D eigenvalue weighted by Crippen LogP contribution is -2.57. The van der Waals surface area contributed by atoms with E-state index >= 15 is 0 Å². The van der Waals surface area contributed by atoms with Gasteiger partial charge in [-0.25, -0.2) is 4.79 Å². The highest BCUT2D eigenvalue weighted by Gasteiger charge is 2.28. The first kappa shape index (κ1) is 11.8. The number of rotatable bonds is 3. The molecule has 0 bridgehead atoms. The van der Waals surface area contributed by atoms with Gasteiger partial charge in [0.15, 0.2) is 0 Å². The van der Waals surface area contributed by atoms with E-state index in [4.69, 9.17) is 10.5 Å². The Balaban J connectivity index is 2.38. The van der Waals surface area contributed by atoms with Crippen molar-refractivity contribution >= 4 is 11.9 Å². The van der Waals surface area contributed by atoms with Gasteiger partial charge >= 0.3 is 6.03 Å². The van der Waals surface area contributed by atoms with E-state index in [-0.39, 0.29) is 6.04 Å². The molecule has 0 spiro atoms. The number of hydrogen-bond acceptors (Lipinski definition) is 3. The first-order valence-electron chi connectivity index (χ1n) is 4.88. The SMILES string of the molecule is CC(C)(NC(=O)NC1CCOC1)C(N)=O. The Morgan fingerprint density at radius 1 is 1.47 bits per heavy atom. The molecule has 0 aliphatic carbocycles. The predicted octanol–water partition coefficient (Wildman–Crippen LogP) is -0.662. The van der Waals surface area contributed by atoms with Gasteiger partial charge in [-0.15, -0.1) is 0 Å². The molecule has 1 fully saturated rings. The molecule has 6 nitrogen and oxygen atoms in total. The quantitative estimate of drug-likeness (QED) is 0.583. The van der Waals surface area contributed by atoms with Gasteiger partial charge < -0.3 is 21.1 Å². The van der Waals surface area contributed by atoms with Gasteiger partial charge in [-0.1, -0.05) is 0 Å². The van der Waals surface area contributed by atoms with Crippen LogP contribution >= 0.6 is 0 Å². The molecule has 0 aromatic heterocycles. The summed E-state index contributed by atoms with van der Waals surface area (Å²) < 4.78 is 5.10. The maximum atomic E-state index is 11.4. The average Bonchev–Trinajstić information content (AvgIpc) is 2.54. The zero-order chi connectivity index (χ0) is 11.5. The molecular formula is C9H17N3O3. The molecule has 1 saturated heterocycles. The minimum atomic E-state index is -1.04. The summed E-state index contributed by atoms with van der Waals surface area (Å²) in [5, 5.41) is 5.21. The number of hydrogen-bond donors (Lipinski definition) is 3. The second kappa shape index (κ2) is 4.48. The van der Waals surface area contributed by atoms with Crippen LogP contribution in [0.25, 0.3) is 0 Å². The molecule has 3 amide bonds. The van der Waals surface area contributed by atoms with Crippen molar-refractivity contribution in [3.8, 4) is 0 Å². The van der Waals surface area contributed by atoms with Crippen molar-refractivity contribution in [2.45, 2.75) is 31.8 Å². The summed E-state index contributed by atoms with van der Waals surface area (Å²) in [7, 11) is 0. The highest BCUT2D eigenvalue weighted by Crippen LogP contribution is 2.04. The van der Waals surface area contributed by atoms with E-state index in [9.17, 15) is 9.59 Å². The van der Waals surface area contributed by atoms with Crippen molar-refractivity contribution in [2.75, 3.05) is 13.2 Å². The van der Waals surface area contributed by atoms with Crippen LogP contribution in [0.3, 0.4) is 0 Å². The number of carbonyl (C=O) groups excluding carboxylic acids is 2. The van der Waals surface area contributed by atoms with Gasteiger partial charge in [0, 0.05) is 6.61 Å². The Morgan fingerprint density at radius 2 is 2.13 bits per heavy atom. The summed E-state index contributed by atoms with van der Waals surface area (Å²) in [6.45, 7) is 4.29. The highest BCUT2D eigenvalue weighted by atomic mass is 16.5. The monoisotopic (exact) mass is 215 g/mol. The largest absolute Gasteiger partial charge is 0.379 e. The molecule has 1 atom stereocenters. The molecule has 0 aromatic rings. The molecule has 1 rings (SSSR count). The van der Waals surface area contributed by atoms with Crippen molar-refractivity contribution in [2.24, 2.45) is 5.73 Å². The van der Waals surface area contributed by atoms with Crippen LogP contribution in [0.5, 0.6) is 0 Å². The smallest absolute Gasteiger partial charge is 0.315 e. The summed E-state index contributed by atoms with van der Waals surface area (Å²) in [4.78, 5) is 22.4. The lowest BCUT2D eigenvalue weighted by Gasteiger charge is -2.23. The fourth-order valence-corrected chi connectivity index (χ4v) is 1.22. The molecule has 1 heterocycles. The predicted molar refractivity (Wildman–Crippen MR) is 54.2 cm³/mol. The topological polar surface area (TPSA) is 93.4 Å². The number of carbonyl (C=O) groups is 2. The molecule has 15 heavy (non-hydrogen) atoms. The summed E-state index contributed by atoms with van der Waals surface area (Å²) in [5.74, 6) is -0.569. The zero-order valence-corrected chi connectivity index (χ0v) is 9.00. The summed E-state index contributed by atoms with van der Waals surface area (Å²) in [6.07, 6.45) is 0.796. The Kier molecular flexibility index (Phi) is 3.52. The molecule has 0 aromatic carbocycles. The molecule has 0 radical (unpaired) electrons. The number of nitrogens with one attached hydrogen (secondary N) is 2. The van der Waals surface area contributed by atoms with Gasteiger partial charge in [0.25, 0.3) is 0 Å². The van der Waals surface area contributed by atoms with Gasteiger partial charge in [-0.2, -0.15) is 0 Å². The second-order valence-corrected chi connectivity index (χ2v) is 4.15. The van der Waals surface area contributed by atoms with Crippen LogP contribution in [0.1, 0.15) is 20.3 Å². The number of urea groups is 1. The van der Waals surface area contributed by atoms with E-state index in [1.165, 1.54) is 0 Å². The van der Waals surface area contributed by atoms with E-state index in [0.29, 0.717) is 13.2 Å². The van der Waals surface area contributed by atoms with E-state index in [1.54, 1.807) is 13.8 Å². The van der Waals surface area contributed by atoms with Crippen LogP contribution in [0.2, 0.25) is 0 Å². The normalized spacial score (nSPS) is 21.1. The minimum absolute atomic E-state index is 0.0219. The number of nitrogens with two attached hydrogens (primary N) is 1. The summed E-state index contributed by atoms with van der Waals surface area (Å²) >= 11 is 0. The number of primary amides is 1. The van der Waals surface area contributed by atoms with E-state index in [2.05, 4.69) is 10.6 Å². The van der Waals surface area contributed by atoms with Crippen molar-refractivity contribution in [1.82, 2.24) is 10.6 Å². The fourth-order valence-electron chi connectivity index (χ4n) is 1.22. The van der Waals surface area contributed by atoms with E-state index in [0.717, 1.165) is 6.42 Å². The van der Waals surface area contributed by atoms with Crippen molar-refractivity contribution in [3.63, 3.8) is 0 Å². The van der Waals surface area contributed by atoms with Gasteiger partial charge in [0.05, 0.1) is 12.6 Å². The van der Waals surface area contributed by atoms with E-state index in [1.807, 2.05) is 0 Å². The van der Waals surface area contributed by atoms with Crippen molar-refractivity contribution in [1.29, 1.82) is 0 Å². The Morgan fingerprint density at radius 3 is 2.60 bits per heavy atom. The Labute approximate surface area is 88.5 Å². The van der Waals surface area contributed by atoms with Crippen LogP contribution < -0.4 is 16.4 Å². The minimum Gasteiger partial charge on any atom is -0.379 e. The van der Waals surface area contributed by atoms with Gasteiger partial charge in [-0.05, 0) is 20.3 Å². The molecule has 4 N–H and O–H groups in total. The molecule has 1 aliphatic heterocycles. The lowest BCUT2D eigenvalue weighted by molar-refractivity contribution is -0.122. The number of ether oxygens (including phenoxy) is 1. The third-order valence-electron chi connectivity index (χ3n) is 2.31. The summed E-state index contributed by atoms with van der Waals surface area (Å²) in [6, 6.07) is -0.372. The van der Waals surface area contributed by atoms with Crippen LogP contribution in [0.4, 0.5) is 4.79 Å². The Hall–Kier alpha value is -1.30. The van der Waals surface area contributed by atoms with E-state index < -0.39 is 17.5 Å². The zero-order valence-electron chi connectivity index (χ0n) is 9.00. The maximum absolute atomic E-state index is 11.4. The third-order valence-corrected chi connectivity index (χ3v) is 2.31.